The first-order valence-corrected chi connectivity index (χ1v) is 9.28. The van der Waals surface area contributed by atoms with Crippen molar-refractivity contribution in [2.24, 2.45) is 5.92 Å². The van der Waals surface area contributed by atoms with Crippen LogP contribution in [0.5, 0.6) is 0 Å². The first kappa shape index (κ1) is 11.9. The normalized spacial score (nSPS) is 29.6. The molecule has 0 spiro atoms. The average Bonchev–Trinajstić information content (AvgIpc) is 2.74. The van der Waals surface area contributed by atoms with Crippen LogP contribution in [-0.2, 0) is 0 Å². The molecule has 2 saturated heterocycles. The lowest BCUT2D eigenvalue weighted by Crippen LogP contribution is -2.20. The van der Waals surface area contributed by atoms with Crippen LogP contribution < -0.4 is 0 Å². The number of thioether (sulfide) groups is 4. The molecule has 0 aromatic carbocycles. The molecule has 0 unspecified atom stereocenters. The third-order valence-electron chi connectivity index (χ3n) is 2.70. The Morgan fingerprint density at radius 2 is 1.71 bits per heavy atom. The van der Waals surface area contributed by atoms with Crippen LogP contribution in [0, 0.1) is 5.92 Å². The Morgan fingerprint density at radius 3 is 2.29 bits per heavy atom. The van der Waals surface area contributed by atoms with Crippen LogP contribution in [0.25, 0.3) is 0 Å². The summed E-state index contributed by atoms with van der Waals surface area (Å²) in [5.74, 6) is 6.35. The average molecular weight is 267 g/mol. The highest BCUT2D eigenvalue weighted by molar-refractivity contribution is 8.21. The van der Waals surface area contributed by atoms with Crippen molar-refractivity contribution < 1.29 is 0 Å². The van der Waals surface area contributed by atoms with Crippen LogP contribution in [0.2, 0.25) is 0 Å². The highest BCUT2D eigenvalue weighted by atomic mass is 32.2. The zero-order chi connectivity index (χ0) is 10.0. The van der Waals surface area contributed by atoms with Gasteiger partial charge in [0.1, 0.15) is 0 Å². The zero-order valence-corrected chi connectivity index (χ0v) is 12.1. The molecule has 4 heteroatoms. The lowest BCUT2D eigenvalue weighted by Gasteiger charge is -2.28. The number of rotatable bonds is 3. The minimum atomic E-state index is 0.531. The minimum absolute atomic E-state index is 0.531. The molecule has 0 amide bonds. The van der Waals surface area contributed by atoms with Crippen molar-refractivity contribution in [3.63, 3.8) is 0 Å². The zero-order valence-electron chi connectivity index (χ0n) is 8.82. The van der Waals surface area contributed by atoms with E-state index in [1.807, 2.05) is 0 Å². The molecule has 0 radical (unpaired) electrons. The summed E-state index contributed by atoms with van der Waals surface area (Å²) < 4.78 is 1.41. The summed E-state index contributed by atoms with van der Waals surface area (Å²) in [4.78, 5) is 0. The Hall–Kier alpha value is 1.40. The molecule has 1 atom stereocenters. The fraction of sp³-hybridized carbons (Fsp3) is 1.00. The summed E-state index contributed by atoms with van der Waals surface area (Å²) in [6.07, 6.45) is 1.40. The molecular formula is C10H18S4. The van der Waals surface area contributed by atoms with Crippen molar-refractivity contribution in [1.82, 2.24) is 0 Å². The maximum Gasteiger partial charge on any atom is 0.0586 e. The summed E-state index contributed by atoms with van der Waals surface area (Å²) in [5, 5.41) is 0. The van der Waals surface area contributed by atoms with E-state index in [1.165, 1.54) is 29.4 Å². The monoisotopic (exact) mass is 266 g/mol. The molecule has 0 nitrogen and oxygen atoms in total. The van der Waals surface area contributed by atoms with Crippen molar-refractivity contribution >= 4 is 47.0 Å². The SMILES string of the molecule is C[C@@H](CC1(C)SCCS1)C1SCCS1. The van der Waals surface area contributed by atoms with Gasteiger partial charge in [0.15, 0.2) is 0 Å². The van der Waals surface area contributed by atoms with E-state index in [2.05, 4.69) is 60.9 Å². The summed E-state index contributed by atoms with van der Waals surface area (Å²) >= 11 is 8.71. The standard InChI is InChI=1S/C10H18S4/c1-8(9-11-3-4-12-9)7-10(2)13-5-6-14-10/h8-9H,3-7H2,1-2H3/t8-/m0/s1. The predicted octanol–water partition coefficient (Wildman–Crippen LogP) is 4.01. The van der Waals surface area contributed by atoms with Gasteiger partial charge < -0.3 is 0 Å². The molecule has 2 heterocycles. The van der Waals surface area contributed by atoms with Crippen molar-refractivity contribution in [2.75, 3.05) is 23.0 Å². The van der Waals surface area contributed by atoms with E-state index >= 15 is 0 Å². The molecule has 0 N–H and O–H groups in total. The van der Waals surface area contributed by atoms with Gasteiger partial charge in [-0.05, 0) is 19.3 Å². The fourth-order valence-corrected chi connectivity index (χ4v) is 8.23. The smallest absolute Gasteiger partial charge is 0.0586 e. The molecule has 2 aliphatic heterocycles. The van der Waals surface area contributed by atoms with Crippen LogP contribution in [0.15, 0.2) is 0 Å². The summed E-state index contributed by atoms with van der Waals surface area (Å²) in [6.45, 7) is 4.89. The van der Waals surface area contributed by atoms with Crippen LogP contribution in [0.1, 0.15) is 20.3 Å². The second-order valence-corrected chi connectivity index (χ2v) is 10.4. The molecule has 2 fully saturated rings. The van der Waals surface area contributed by atoms with E-state index in [0.29, 0.717) is 4.08 Å². The molecule has 0 saturated carbocycles. The maximum atomic E-state index is 2.45. The molecule has 2 aliphatic rings. The van der Waals surface area contributed by atoms with Crippen LogP contribution in [0.3, 0.4) is 0 Å². The van der Waals surface area contributed by atoms with E-state index in [-0.39, 0.29) is 0 Å². The molecule has 82 valence electrons. The summed E-state index contributed by atoms with van der Waals surface area (Å²) in [6, 6.07) is 0. The lowest BCUT2D eigenvalue weighted by molar-refractivity contribution is 0.560. The second-order valence-electron chi connectivity index (χ2n) is 4.12. The van der Waals surface area contributed by atoms with E-state index in [0.717, 1.165) is 10.5 Å². The van der Waals surface area contributed by atoms with Crippen LogP contribution in [0.4, 0.5) is 0 Å². The fourth-order valence-electron chi connectivity index (χ4n) is 2.06. The highest BCUT2D eigenvalue weighted by Crippen LogP contribution is 2.50. The van der Waals surface area contributed by atoms with Gasteiger partial charge >= 0.3 is 0 Å². The Balaban J connectivity index is 1.83. The molecule has 2 rings (SSSR count). The Morgan fingerprint density at radius 1 is 1.14 bits per heavy atom. The Kier molecular flexibility index (Phi) is 4.37. The number of hydrogen-bond donors (Lipinski definition) is 0. The van der Waals surface area contributed by atoms with Crippen molar-refractivity contribution in [3.05, 3.63) is 0 Å². The summed E-state index contributed by atoms with van der Waals surface area (Å²) in [7, 11) is 0. The highest BCUT2D eigenvalue weighted by Gasteiger charge is 2.35. The third-order valence-corrected chi connectivity index (χ3v) is 9.58. The van der Waals surface area contributed by atoms with Crippen molar-refractivity contribution in [2.45, 2.75) is 28.9 Å². The van der Waals surface area contributed by atoms with E-state index in [9.17, 15) is 0 Å². The summed E-state index contributed by atoms with van der Waals surface area (Å²) in [5.41, 5.74) is 0. The van der Waals surface area contributed by atoms with E-state index < -0.39 is 0 Å². The Labute approximate surface area is 105 Å². The molecule has 0 bridgehead atoms. The van der Waals surface area contributed by atoms with Gasteiger partial charge in [0.25, 0.3) is 0 Å². The van der Waals surface area contributed by atoms with Gasteiger partial charge in [-0.25, -0.2) is 0 Å². The largest absolute Gasteiger partial charge is 0.146 e. The first-order valence-electron chi connectivity index (χ1n) is 5.21. The van der Waals surface area contributed by atoms with Crippen molar-refractivity contribution in [1.29, 1.82) is 0 Å². The van der Waals surface area contributed by atoms with Crippen LogP contribution >= 0.6 is 47.0 Å². The van der Waals surface area contributed by atoms with Gasteiger partial charge in [-0.15, -0.1) is 47.0 Å². The first-order chi connectivity index (χ1) is 6.70. The minimum Gasteiger partial charge on any atom is -0.146 e. The lowest BCUT2D eigenvalue weighted by atomic mass is 10.1. The topological polar surface area (TPSA) is 0 Å². The van der Waals surface area contributed by atoms with Gasteiger partial charge in [-0.3, -0.25) is 0 Å². The molecule has 0 aliphatic carbocycles. The predicted molar refractivity (Wildman–Crippen MR) is 75.8 cm³/mol. The van der Waals surface area contributed by atoms with Gasteiger partial charge in [0.2, 0.25) is 0 Å². The van der Waals surface area contributed by atoms with Crippen molar-refractivity contribution in [3.8, 4) is 0 Å². The third kappa shape index (κ3) is 2.96. The van der Waals surface area contributed by atoms with Gasteiger partial charge in [-0.2, -0.15) is 0 Å². The molecule has 0 aromatic rings. The maximum absolute atomic E-state index is 2.45. The molecular weight excluding hydrogens is 248 g/mol. The molecule has 0 aromatic heterocycles. The van der Waals surface area contributed by atoms with E-state index in [1.54, 1.807) is 0 Å². The quantitative estimate of drug-likeness (QED) is 0.756. The van der Waals surface area contributed by atoms with Gasteiger partial charge in [0, 0.05) is 23.0 Å². The molecule has 14 heavy (non-hydrogen) atoms. The second kappa shape index (κ2) is 5.15. The van der Waals surface area contributed by atoms with Gasteiger partial charge in [0.05, 0.1) is 8.66 Å². The Bertz CT molecular complexity index is 183. The van der Waals surface area contributed by atoms with Crippen LogP contribution in [-0.4, -0.2) is 31.7 Å². The van der Waals surface area contributed by atoms with E-state index in [4.69, 9.17) is 0 Å². The number of hydrogen-bond acceptors (Lipinski definition) is 4. The van der Waals surface area contributed by atoms with Gasteiger partial charge in [-0.1, -0.05) is 6.92 Å².